The normalized spacial score (nSPS) is 17.4. The number of aryl methyl sites for hydroxylation is 3. The summed E-state index contributed by atoms with van der Waals surface area (Å²) >= 11 is 1.61. The molecule has 1 N–H and O–H groups in total. The summed E-state index contributed by atoms with van der Waals surface area (Å²) in [6.07, 6.45) is 4.31. The van der Waals surface area contributed by atoms with Crippen molar-refractivity contribution in [3.05, 3.63) is 40.8 Å². The molecule has 0 bridgehead atoms. The van der Waals surface area contributed by atoms with Crippen LogP contribution in [0.4, 0.5) is 10.9 Å². The Hall–Kier alpha value is -2.28. The van der Waals surface area contributed by atoms with E-state index >= 15 is 0 Å². The largest absolute Gasteiger partial charge is 0.329 e. The van der Waals surface area contributed by atoms with Gasteiger partial charge >= 0.3 is 0 Å². The number of amides is 1. The van der Waals surface area contributed by atoms with Gasteiger partial charge in [-0.25, -0.2) is 15.0 Å². The minimum atomic E-state index is -0.0977. The third-order valence-electron chi connectivity index (χ3n) is 4.39. The van der Waals surface area contributed by atoms with Gasteiger partial charge in [-0.05, 0) is 46.1 Å². The Morgan fingerprint density at radius 3 is 2.80 bits per heavy atom. The van der Waals surface area contributed by atoms with E-state index in [0.717, 1.165) is 42.3 Å². The average Bonchev–Trinajstić information content (AvgIpc) is 2.91. The van der Waals surface area contributed by atoms with Crippen LogP contribution in [0, 0.1) is 20.8 Å². The van der Waals surface area contributed by atoms with Gasteiger partial charge in [0.25, 0.3) is 0 Å². The predicted octanol–water partition coefficient (Wildman–Crippen LogP) is 3.84. The van der Waals surface area contributed by atoms with Crippen LogP contribution in [0.1, 0.15) is 47.4 Å². The van der Waals surface area contributed by atoms with Crippen LogP contribution >= 0.6 is 11.3 Å². The number of hydrogen-bond acceptors (Lipinski definition) is 6. The smallest absolute Gasteiger partial charge is 0.246 e. The van der Waals surface area contributed by atoms with E-state index in [0.29, 0.717) is 11.6 Å². The third-order valence-corrected chi connectivity index (χ3v) is 5.38. The van der Waals surface area contributed by atoms with Gasteiger partial charge in [0.15, 0.2) is 11.0 Å². The van der Waals surface area contributed by atoms with Crippen LogP contribution in [0.3, 0.4) is 0 Å². The van der Waals surface area contributed by atoms with Gasteiger partial charge in [-0.3, -0.25) is 4.79 Å². The second-order valence-corrected chi connectivity index (χ2v) is 7.49. The Bertz CT molecular complexity index is 781. The van der Waals surface area contributed by atoms with E-state index in [-0.39, 0.29) is 11.9 Å². The summed E-state index contributed by atoms with van der Waals surface area (Å²) < 4.78 is 0. The molecule has 132 valence electrons. The summed E-state index contributed by atoms with van der Waals surface area (Å²) in [5.41, 5.74) is 1.89. The topological polar surface area (TPSA) is 71.0 Å². The van der Waals surface area contributed by atoms with Gasteiger partial charge in [0, 0.05) is 23.2 Å². The maximum Gasteiger partial charge on any atom is 0.246 e. The molecule has 0 aliphatic carbocycles. The van der Waals surface area contributed by atoms with Crippen molar-refractivity contribution < 1.29 is 4.79 Å². The number of aromatic nitrogens is 3. The van der Waals surface area contributed by atoms with E-state index in [1.165, 1.54) is 11.0 Å². The first-order valence-electron chi connectivity index (χ1n) is 8.47. The molecule has 6 nitrogen and oxygen atoms in total. The van der Waals surface area contributed by atoms with Crippen LogP contribution < -0.4 is 5.32 Å². The van der Waals surface area contributed by atoms with Gasteiger partial charge in [-0.2, -0.15) is 0 Å². The van der Waals surface area contributed by atoms with E-state index in [1.54, 1.807) is 11.3 Å². The zero-order valence-corrected chi connectivity index (χ0v) is 15.7. The van der Waals surface area contributed by atoms with Crippen molar-refractivity contribution in [3.63, 3.8) is 0 Å². The second kappa shape index (κ2) is 7.31. The molecule has 1 saturated heterocycles. The summed E-state index contributed by atoms with van der Waals surface area (Å²) in [6, 6.07) is 1.80. The molecule has 3 rings (SSSR count). The predicted molar refractivity (Wildman–Crippen MR) is 100 cm³/mol. The van der Waals surface area contributed by atoms with Crippen molar-refractivity contribution in [1.29, 1.82) is 0 Å². The molecule has 1 atom stereocenters. The molecule has 25 heavy (non-hydrogen) atoms. The van der Waals surface area contributed by atoms with Gasteiger partial charge < -0.3 is 10.2 Å². The molecule has 0 unspecified atom stereocenters. The lowest BCUT2D eigenvalue weighted by Crippen LogP contribution is -2.38. The highest BCUT2D eigenvalue weighted by Crippen LogP contribution is 2.31. The fourth-order valence-electron chi connectivity index (χ4n) is 3.02. The standard InChI is InChI=1S/C18H23N5OS/c1-5-16(24)23-9-7-6-8-14(23)17-19-11(2)10-15(21-17)22-18-20-12(3)13(4)25-18/h5,10,14H,1,6-9H2,2-4H3,(H,19,20,21,22)/t14-/m1/s1. The van der Waals surface area contributed by atoms with Gasteiger partial charge in [0.05, 0.1) is 11.7 Å². The number of carbonyl (C=O) groups excluding carboxylic acids is 1. The number of anilines is 2. The summed E-state index contributed by atoms with van der Waals surface area (Å²) in [6.45, 7) is 10.3. The molecule has 7 heteroatoms. The molecule has 0 radical (unpaired) electrons. The number of nitrogens with one attached hydrogen (secondary N) is 1. The van der Waals surface area contributed by atoms with Crippen LogP contribution in [0.2, 0.25) is 0 Å². The zero-order valence-electron chi connectivity index (χ0n) is 14.9. The van der Waals surface area contributed by atoms with Crippen molar-refractivity contribution >= 4 is 28.2 Å². The molecule has 3 heterocycles. The lowest BCUT2D eigenvalue weighted by Gasteiger charge is -2.34. The van der Waals surface area contributed by atoms with E-state index in [2.05, 4.69) is 33.8 Å². The number of rotatable bonds is 4. The van der Waals surface area contributed by atoms with Crippen LogP contribution in [0.15, 0.2) is 18.7 Å². The first-order chi connectivity index (χ1) is 12.0. The molecule has 1 aliphatic heterocycles. The second-order valence-electron chi connectivity index (χ2n) is 6.29. The SMILES string of the molecule is C=CC(=O)N1CCCC[C@@H]1c1nc(C)cc(Nc2nc(C)c(C)s2)n1. The van der Waals surface area contributed by atoms with E-state index in [4.69, 9.17) is 0 Å². The molecule has 2 aromatic heterocycles. The lowest BCUT2D eigenvalue weighted by molar-refractivity contribution is -0.129. The van der Waals surface area contributed by atoms with Crippen molar-refractivity contribution in [2.45, 2.75) is 46.1 Å². The highest BCUT2D eigenvalue weighted by molar-refractivity contribution is 7.15. The van der Waals surface area contributed by atoms with Crippen molar-refractivity contribution in [2.24, 2.45) is 0 Å². The number of likely N-dealkylation sites (tertiary alicyclic amines) is 1. The Balaban J connectivity index is 1.89. The summed E-state index contributed by atoms with van der Waals surface area (Å²) in [7, 11) is 0. The number of nitrogens with zero attached hydrogens (tertiary/aromatic N) is 4. The molecule has 1 aliphatic rings. The first-order valence-corrected chi connectivity index (χ1v) is 9.29. The van der Waals surface area contributed by atoms with Crippen LogP contribution in [-0.4, -0.2) is 32.3 Å². The highest BCUT2D eigenvalue weighted by Gasteiger charge is 2.29. The number of piperidine rings is 1. The maximum atomic E-state index is 12.2. The minimum absolute atomic E-state index is 0.0597. The van der Waals surface area contributed by atoms with Gasteiger partial charge in [-0.1, -0.05) is 6.58 Å². The Labute approximate surface area is 152 Å². The molecule has 0 saturated carbocycles. The van der Waals surface area contributed by atoms with Crippen LogP contribution in [0.25, 0.3) is 0 Å². The third kappa shape index (κ3) is 3.87. The van der Waals surface area contributed by atoms with E-state index in [9.17, 15) is 4.79 Å². The number of carbonyl (C=O) groups is 1. The van der Waals surface area contributed by atoms with Crippen LogP contribution in [-0.2, 0) is 4.79 Å². The van der Waals surface area contributed by atoms with Crippen molar-refractivity contribution in [1.82, 2.24) is 19.9 Å². The molecular formula is C18H23N5OS. The summed E-state index contributed by atoms with van der Waals surface area (Å²) in [5.74, 6) is 1.34. The quantitative estimate of drug-likeness (QED) is 0.842. The lowest BCUT2D eigenvalue weighted by atomic mass is 10.0. The van der Waals surface area contributed by atoms with Gasteiger partial charge in [-0.15, -0.1) is 11.3 Å². The molecule has 1 fully saturated rings. The highest BCUT2D eigenvalue weighted by atomic mass is 32.1. The Morgan fingerprint density at radius 2 is 2.12 bits per heavy atom. The van der Waals surface area contributed by atoms with Gasteiger partial charge in [0.2, 0.25) is 5.91 Å². The number of hydrogen-bond donors (Lipinski definition) is 1. The van der Waals surface area contributed by atoms with E-state index in [1.807, 2.05) is 24.8 Å². The molecule has 1 amide bonds. The van der Waals surface area contributed by atoms with Gasteiger partial charge in [0.1, 0.15) is 5.82 Å². The van der Waals surface area contributed by atoms with Crippen molar-refractivity contribution in [2.75, 3.05) is 11.9 Å². The first kappa shape index (κ1) is 17.5. The zero-order chi connectivity index (χ0) is 18.0. The molecule has 2 aromatic rings. The fourth-order valence-corrected chi connectivity index (χ4v) is 3.84. The fraction of sp³-hybridized carbons (Fsp3) is 0.444. The average molecular weight is 357 g/mol. The summed E-state index contributed by atoms with van der Waals surface area (Å²) in [4.78, 5) is 29.0. The monoisotopic (exact) mass is 357 g/mol. The van der Waals surface area contributed by atoms with Crippen LogP contribution in [0.5, 0.6) is 0 Å². The maximum absolute atomic E-state index is 12.2. The Morgan fingerprint density at radius 1 is 1.32 bits per heavy atom. The number of thiazole rings is 1. The van der Waals surface area contributed by atoms with E-state index < -0.39 is 0 Å². The Kier molecular flexibility index (Phi) is 5.13. The molecule has 0 spiro atoms. The van der Waals surface area contributed by atoms with Crippen molar-refractivity contribution in [3.8, 4) is 0 Å². The molecule has 0 aromatic carbocycles. The minimum Gasteiger partial charge on any atom is -0.329 e. The molecular weight excluding hydrogens is 334 g/mol. The summed E-state index contributed by atoms with van der Waals surface area (Å²) in [5, 5.41) is 4.10.